The first kappa shape index (κ1) is 11.9. The van der Waals surface area contributed by atoms with E-state index in [1.54, 1.807) is 0 Å². The summed E-state index contributed by atoms with van der Waals surface area (Å²) in [5.41, 5.74) is 2.66. The van der Waals surface area contributed by atoms with Crippen LogP contribution in [0.1, 0.15) is 41.7 Å². The molecule has 4 heteroatoms. The van der Waals surface area contributed by atoms with Crippen molar-refractivity contribution in [3.05, 3.63) is 47.0 Å². The van der Waals surface area contributed by atoms with Crippen molar-refractivity contribution in [1.29, 1.82) is 0 Å². The van der Waals surface area contributed by atoms with Gasteiger partial charge in [0.1, 0.15) is 11.6 Å². The number of hydrogen-bond acceptors (Lipinski definition) is 2. The second kappa shape index (κ2) is 4.84. The third-order valence-electron chi connectivity index (χ3n) is 3.48. The molecule has 0 N–H and O–H groups in total. The Labute approximate surface area is 115 Å². The van der Waals surface area contributed by atoms with E-state index in [0.717, 1.165) is 23.4 Å². The molecule has 1 aliphatic rings. The van der Waals surface area contributed by atoms with E-state index in [2.05, 4.69) is 61.9 Å². The molecule has 1 aliphatic carbocycles. The van der Waals surface area contributed by atoms with E-state index < -0.39 is 0 Å². The van der Waals surface area contributed by atoms with E-state index in [-0.39, 0.29) is 0 Å². The number of hydrogen-bond donors (Lipinski definition) is 0. The average Bonchev–Trinajstić information content (AvgIpc) is 3.14. The van der Waals surface area contributed by atoms with Gasteiger partial charge in [-0.3, -0.25) is 0 Å². The Morgan fingerprint density at radius 1 is 1.22 bits per heavy atom. The molecule has 0 atom stereocenters. The van der Waals surface area contributed by atoms with E-state index in [1.165, 1.54) is 24.0 Å². The van der Waals surface area contributed by atoms with E-state index in [9.17, 15) is 0 Å². The van der Waals surface area contributed by atoms with Crippen molar-refractivity contribution in [3.63, 3.8) is 0 Å². The second-order valence-corrected chi connectivity index (χ2v) is 5.43. The minimum atomic E-state index is 0.631. The van der Waals surface area contributed by atoms with E-state index in [4.69, 9.17) is 0 Å². The van der Waals surface area contributed by atoms with Crippen LogP contribution in [0.25, 0.3) is 0 Å². The fourth-order valence-electron chi connectivity index (χ4n) is 2.31. The van der Waals surface area contributed by atoms with Gasteiger partial charge in [-0.25, -0.2) is 0 Å². The Hall–Kier alpha value is -1.16. The van der Waals surface area contributed by atoms with Gasteiger partial charge in [-0.05, 0) is 30.9 Å². The molecule has 3 rings (SSSR count). The molecule has 1 heterocycles. The fourth-order valence-corrected chi connectivity index (χ4v) is 2.69. The van der Waals surface area contributed by atoms with Crippen molar-refractivity contribution in [1.82, 2.24) is 14.8 Å². The van der Waals surface area contributed by atoms with Crippen LogP contribution in [0.3, 0.4) is 0 Å². The van der Waals surface area contributed by atoms with Crippen LogP contribution in [-0.4, -0.2) is 14.8 Å². The maximum absolute atomic E-state index is 4.37. The van der Waals surface area contributed by atoms with Gasteiger partial charge >= 0.3 is 0 Å². The highest BCUT2D eigenvalue weighted by molar-refractivity contribution is 9.08. The molecule has 1 aromatic heterocycles. The van der Waals surface area contributed by atoms with Crippen molar-refractivity contribution in [2.75, 3.05) is 0 Å². The first-order valence-corrected chi connectivity index (χ1v) is 7.45. The minimum absolute atomic E-state index is 0.631. The largest absolute Gasteiger partial charge is 0.311 e. The second-order valence-electron chi connectivity index (χ2n) is 4.87. The lowest BCUT2D eigenvalue weighted by Crippen LogP contribution is -2.06. The molecule has 1 fully saturated rings. The van der Waals surface area contributed by atoms with Gasteiger partial charge in [0.05, 0.1) is 5.33 Å². The summed E-state index contributed by atoms with van der Waals surface area (Å²) in [5.74, 6) is 2.15. The molecule has 1 saturated carbocycles. The van der Waals surface area contributed by atoms with Crippen LogP contribution in [0, 0.1) is 6.92 Å². The summed E-state index contributed by atoms with van der Waals surface area (Å²) >= 11 is 3.49. The van der Waals surface area contributed by atoms with Gasteiger partial charge in [0.25, 0.3) is 0 Å². The third-order valence-corrected chi connectivity index (χ3v) is 3.98. The van der Waals surface area contributed by atoms with Gasteiger partial charge in [-0.2, -0.15) is 0 Å². The third kappa shape index (κ3) is 2.21. The molecule has 3 nitrogen and oxygen atoms in total. The summed E-state index contributed by atoms with van der Waals surface area (Å²) < 4.78 is 2.32. The van der Waals surface area contributed by atoms with Crippen molar-refractivity contribution < 1.29 is 0 Å². The molecular weight excluding hydrogens is 290 g/mol. The first-order valence-electron chi connectivity index (χ1n) is 6.32. The van der Waals surface area contributed by atoms with Crippen molar-refractivity contribution in [3.8, 4) is 0 Å². The maximum atomic E-state index is 4.37. The number of halogens is 1. The van der Waals surface area contributed by atoms with Crippen molar-refractivity contribution in [2.24, 2.45) is 0 Å². The summed E-state index contributed by atoms with van der Waals surface area (Å²) in [7, 11) is 0. The van der Waals surface area contributed by atoms with Crippen LogP contribution in [0.2, 0.25) is 0 Å². The van der Waals surface area contributed by atoms with Crippen LogP contribution < -0.4 is 0 Å². The summed E-state index contributed by atoms with van der Waals surface area (Å²) in [6.45, 7) is 2.15. The Kier molecular flexibility index (Phi) is 3.20. The highest BCUT2D eigenvalue weighted by atomic mass is 79.9. The van der Waals surface area contributed by atoms with Crippen molar-refractivity contribution >= 4 is 15.9 Å². The molecule has 0 aliphatic heterocycles. The lowest BCUT2D eigenvalue weighted by atomic mass is 10.1. The molecule has 0 unspecified atom stereocenters. The molecule has 0 radical (unpaired) electrons. The Morgan fingerprint density at radius 2 is 1.94 bits per heavy atom. The predicted molar refractivity (Wildman–Crippen MR) is 74.9 cm³/mol. The average molecular weight is 306 g/mol. The summed E-state index contributed by atoms with van der Waals surface area (Å²) in [6.07, 6.45) is 3.40. The SMILES string of the molecule is Cc1ccccc1Cc1nnc(CBr)n1C1CC1. The molecule has 0 spiro atoms. The van der Waals surface area contributed by atoms with Crippen LogP contribution in [0.5, 0.6) is 0 Å². The van der Waals surface area contributed by atoms with E-state index >= 15 is 0 Å². The van der Waals surface area contributed by atoms with E-state index in [0.29, 0.717) is 6.04 Å². The van der Waals surface area contributed by atoms with Gasteiger partial charge in [-0.1, -0.05) is 40.2 Å². The highest BCUT2D eigenvalue weighted by Gasteiger charge is 2.28. The minimum Gasteiger partial charge on any atom is -0.311 e. The maximum Gasteiger partial charge on any atom is 0.143 e. The number of aromatic nitrogens is 3. The Balaban J connectivity index is 1.93. The number of aryl methyl sites for hydroxylation is 1. The van der Waals surface area contributed by atoms with Gasteiger partial charge in [0.15, 0.2) is 0 Å². The molecule has 0 bridgehead atoms. The molecular formula is C14H16BrN3. The zero-order valence-electron chi connectivity index (χ0n) is 10.4. The number of rotatable bonds is 4. The standard InChI is InChI=1S/C14H16BrN3/c1-10-4-2-3-5-11(10)8-13-16-17-14(9-15)18(13)12-6-7-12/h2-5,12H,6-9H2,1H3. The molecule has 0 saturated heterocycles. The van der Waals surface area contributed by atoms with Crippen LogP contribution in [0.4, 0.5) is 0 Å². The quantitative estimate of drug-likeness (QED) is 0.811. The van der Waals surface area contributed by atoms with E-state index in [1.807, 2.05) is 0 Å². The van der Waals surface area contributed by atoms with Gasteiger partial charge in [-0.15, -0.1) is 10.2 Å². The van der Waals surface area contributed by atoms with Gasteiger partial charge in [0, 0.05) is 12.5 Å². The van der Waals surface area contributed by atoms with Gasteiger partial charge < -0.3 is 4.57 Å². The number of benzene rings is 1. The zero-order valence-corrected chi connectivity index (χ0v) is 12.0. The predicted octanol–water partition coefficient (Wildman–Crippen LogP) is 3.41. The zero-order chi connectivity index (χ0) is 12.5. The molecule has 94 valence electrons. The smallest absolute Gasteiger partial charge is 0.143 e. The normalized spacial score (nSPS) is 15.0. The summed E-state index contributed by atoms with van der Waals surface area (Å²) in [6, 6.07) is 9.12. The summed E-state index contributed by atoms with van der Waals surface area (Å²) in [5, 5.41) is 9.44. The molecule has 0 amide bonds. The number of nitrogens with zero attached hydrogens (tertiary/aromatic N) is 3. The molecule has 1 aromatic carbocycles. The monoisotopic (exact) mass is 305 g/mol. The lowest BCUT2D eigenvalue weighted by molar-refractivity contribution is 0.670. The number of alkyl halides is 1. The fraction of sp³-hybridized carbons (Fsp3) is 0.429. The Bertz CT molecular complexity index is 558. The molecule has 2 aromatic rings. The highest BCUT2D eigenvalue weighted by Crippen LogP contribution is 2.37. The first-order chi connectivity index (χ1) is 8.79. The topological polar surface area (TPSA) is 30.7 Å². The summed E-state index contributed by atoms with van der Waals surface area (Å²) in [4.78, 5) is 0. The van der Waals surface area contributed by atoms with Crippen molar-refractivity contribution in [2.45, 2.75) is 37.6 Å². The lowest BCUT2D eigenvalue weighted by Gasteiger charge is -2.09. The van der Waals surface area contributed by atoms with Gasteiger partial charge in [0.2, 0.25) is 0 Å². The molecule has 18 heavy (non-hydrogen) atoms. The Morgan fingerprint density at radius 3 is 2.61 bits per heavy atom. The van der Waals surface area contributed by atoms with Crippen LogP contribution >= 0.6 is 15.9 Å². The van der Waals surface area contributed by atoms with Crippen LogP contribution in [0.15, 0.2) is 24.3 Å². The van der Waals surface area contributed by atoms with Crippen LogP contribution in [-0.2, 0) is 11.8 Å².